The second-order valence-corrected chi connectivity index (χ2v) is 1.81. The Kier molecular flexibility index (Phi) is 7.02. The van der Waals surface area contributed by atoms with Crippen LogP contribution >= 0.6 is 0 Å². The molecule has 2 N–H and O–H groups in total. The fourth-order valence-electron chi connectivity index (χ4n) is 0.433. The Bertz CT molecular complexity index is 107. The molecule has 0 saturated heterocycles. The molecule has 0 bridgehead atoms. The van der Waals surface area contributed by atoms with E-state index in [0.29, 0.717) is 0 Å². The summed E-state index contributed by atoms with van der Waals surface area (Å²) in [5, 5.41) is 10.7. The van der Waals surface area contributed by atoms with Crippen molar-refractivity contribution in [2.75, 3.05) is 33.7 Å². The predicted octanol–water partition coefficient (Wildman–Crippen LogP) is -1.28. The predicted molar refractivity (Wildman–Crippen MR) is 37.9 cm³/mol. The second kappa shape index (κ2) is 7.46. The van der Waals surface area contributed by atoms with Crippen LogP contribution in [-0.2, 0) is 14.3 Å². The molecule has 0 aliphatic heterocycles. The topological polar surface area (TPSA) is 67.8 Å². The van der Waals surface area contributed by atoms with Crippen molar-refractivity contribution in [3.63, 3.8) is 0 Å². The number of ether oxygens (including phenoxy) is 2. The monoisotopic (exact) mass is 163 g/mol. The maximum Gasteiger partial charge on any atom is 0.247 e. The Labute approximate surface area is 65.3 Å². The van der Waals surface area contributed by atoms with E-state index in [0.717, 1.165) is 0 Å². The van der Waals surface area contributed by atoms with Crippen molar-refractivity contribution < 1.29 is 19.4 Å². The SMILES string of the molecule is COCNC(=O)COCCO. The highest BCUT2D eigenvalue weighted by molar-refractivity contribution is 5.76. The first-order chi connectivity index (χ1) is 5.31. The van der Waals surface area contributed by atoms with Crippen molar-refractivity contribution in [2.45, 2.75) is 0 Å². The smallest absolute Gasteiger partial charge is 0.247 e. The van der Waals surface area contributed by atoms with Crippen molar-refractivity contribution in [3.05, 3.63) is 0 Å². The number of aliphatic hydroxyl groups excluding tert-OH is 1. The van der Waals surface area contributed by atoms with Crippen molar-refractivity contribution in [3.8, 4) is 0 Å². The van der Waals surface area contributed by atoms with Crippen molar-refractivity contribution in [1.29, 1.82) is 0 Å². The Morgan fingerprint density at radius 2 is 2.36 bits per heavy atom. The van der Waals surface area contributed by atoms with Crippen molar-refractivity contribution in [1.82, 2.24) is 5.32 Å². The molecule has 0 heterocycles. The minimum atomic E-state index is -0.250. The zero-order valence-electron chi connectivity index (χ0n) is 6.50. The largest absolute Gasteiger partial charge is 0.394 e. The first-order valence-electron chi connectivity index (χ1n) is 3.25. The highest BCUT2D eigenvalue weighted by Gasteiger charge is 1.97. The number of aliphatic hydroxyl groups is 1. The third-order valence-corrected chi connectivity index (χ3v) is 0.882. The molecule has 0 spiro atoms. The lowest BCUT2D eigenvalue weighted by atomic mass is 10.6. The van der Waals surface area contributed by atoms with Crippen LogP contribution in [0.25, 0.3) is 0 Å². The van der Waals surface area contributed by atoms with Gasteiger partial charge in [-0.25, -0.2) is 0 Å². The van der Waals surface area contributed by atoms with Gasteiger partial charge in [0.1, 0.15) is 13.3 Å². The van der Waals surface area contributed by atoms with Crippen molar-refractivity contribution in [2.24, 2.45) is 0 Å². The molecular weight excluding hydrogens is 150 g/mol. The van der Waals surface area contributed by atoms with Gasteiger partial charge in [-0.15, -0.1) is 0 Å². The lowest BCUT2D eigenvalue weighted by Gasteiger charge is -2.03. The van der Waals surface area contributed by atoms with Crippen LogP contribution in [0.1, 0.15) is 0 Å². The molecule has 66 valence electrons. The molecule has 0 aromatic carbocycles. The normalized spacial score (nSPS) is 9.64. The minimum Gasteiger partial charge on any atom is -0.394 e. The molecule has 0 fully saturated rings. The van der Waals surface area contributed by atoms with Crippen LogP contribution in [0.3, 0.4) is 0 Å². The molecule has 11 heavy (non-hydrogen) atoms. The third kappa shape index (κ3) is 7.24. The zero-order valence-corrected chi connectivity index (χ0v) is 6.50. The fraction of sp³-hybridized carbons (Fsp3) is 0.833. The van der Waals surface area contributed by atoms with Crippen LogP contribution in [-0.4, -0.2) is 44.7 Å². The molecule has 1 amide bonds. The van der Waals surface area contributed by atoms with Gasteiger partial charge in [-0.3, -0.25) is 4.79 Å². The van der Waals surface area contributed by atoms with E-state index in [9.17, 15) is 4.79 Å². The Hall–Kier alpha value is -0.650. The Morgan fingerprint density at radius 3 is 2.91 bits per heavy atom. The molecule has 0 aliphatic carbocycles. The minimum absolute atomic E-state index is 0.0378. The number of carbonyl (C=O) groups is 1. The van der Waals surface area contributed by atoms with Crippen LogP contribution in [0.2, 0.25) is 0 Å². The summed E-state index contributed by atoms with van der Waals surface area (Å²) in [5.41, 5.74) is 0. The number of methoxy groups -OCH3 is 1. The summed E-state index contributed by atoms with van der Waals surface area (Å²) in [7, 11) is 1.48. The van der Waals surface area contributed by atoms with Gasteiger partial charge in [0.05, 0.1) is 13.2 Å². The maximum atomic E-state index is 10.7. The van der Waals surface area contributed by atoms with Crippen LogP contribution in [0.15, 0.2) is 0 Å². The standard InChI is InChI=1S/C6H13NO4/c1-10-5-7-6(9)4-11-3-2-8/h8H,2-5H2,1H3,(H,7,9). The van der Waals surface area contributed by atoms with E-state index in [-0.39, 0.29) is 32.5 Å². The van der Waals surface area contributed by atoms with E-state index in [1.165, 1.54) is 7.11 Å². The first kappa shape index (κ1) is 10.3. The third-order valence-electron chi connectivity index (χ3n) is 0.882. The summed E-state index contributed by atoms with van der Waals surface area (Å²) in [6.07, 6.45) is 0. The van der Waals surface area contributed by atoms with Crippen LogP contribution in [0.4, 0.5) is 0 Å². The van der Waals surface area contributed by atoms with Crippen LogP contribution < -0.4 is 5.32 Å². The highest BCUT2D eigenvalue weighted by Crippen LogP contribution is 1.73. The number of carbonyl (C=O) groups excluding carboxylic acids is 1. The maximum absolute atomic E-state index is 10.7. The average molecular weight is 163 g/mol. The molecule has 5 nitrogen and oxygen atoms in total. The molecule has 5 heteroatoms. The van der Waals surface area contributed by atoms with Gasteiger partial charge in [-0.2, -0.15) is 0 Å². The lowest BCUT2D eigenvalue weighted by molar-refractivity contribution is -0.127. The number of nitrogens with one attached hydrogen (secondary N) is 1. The average Bonchev–Trinajstić information content (AvgIpc) is 2.01. The summed E-state index contributed by atoms with van der Waals surface area (Å²) >= 11 is 0. The molecule has 0 aromatic heterocycles. The first-order valence-corrected chi connectivity index (χ1v) is 3.25. The molecular formula is C6H13NO4. The van der Waals surface area contributed by atoms with Gasteiger partial charge >= 0.3 is 0 Å². The summed E-state index contributed by atoms with van der Waals surface area (Å²) in [6, 6.07) is 0. The van der Waals surface area contributed by atoms with Gasteiger partial charge in [0.2, 0.25) is 5.91 Å². The summed E-state index contributed by atoms with van der Waals surface area (Å²) in [4.78, 5) is 10.7. The van der Waals surface area contributed by atoms with Gasteiger partial charge in [-0.1, -0.05) is 0 Å². The van der Waals surface area contributed by atoms with Gasteiger partial charge in [0.15, 0.2) is 0 Å². The van der Waals surface area contributed by atoms with Crippen LogP contribution in [0, 0.1) is 0 Å². The van der Waals surface area contributed by atoms with Crippen LogP contribution in [0.5, 0.6) is 0 Å². The molecule has 0 radical (unpaired) electrons. The Balaban J connectivity index is 3.09. The van der Waals surface area contributed by atoms with E-state index in [2.05, 4.69) is 10.1 Å². The summed E-state index contributed by atoms with van der Waals surface area (Å²) in [6.45, 7) is 0.253. The van der Waals surface area contributed by atoms with E-state index in [4.69, 9.17) is 9.84 Å². The van der Waals surface area contributed by atoms with Crippen molar-refractivity contribution >= 4 is 5.91 Å². The number of hydrogen-bond acceptors (Lipinski definition) is 4. The molecule has 0 rings (SSSR count). The number of hydrogen-bond donors (Lipinski definition) is 2. The van der Waals surface area contributed by atoms with Gasteiger partial charge in [-0.05, 0) is 0 Å². The molecule has 0 saturated carbocycles. The van der Waals surface area contributed by atoms with E-state index in [1.807, 2.05) is 0 Å². The van der Waals surface area contributed by atoms with Gasteiger partial charge in [0.25, 0.3) is 0 Å². The van der Waals surface area contributed by atoms with Gasteiger partial charge < -0.3 is 19.9 Å². The fourth-order valence-corrected chi connectivity index (χ4v) is 0.433. The Morgan fingerprint density at radius 1 is 1.64 bits per heavy atom. The summed E-state index contributed by atoms with van der Waals surface area (Å²) < 4.78 is 9.31. The number of rotatable bonds is 6. The molecule has 0 aromatic rings. The van der Waals surface area contributed by atoms with E-state index in [1.54, 1.807) is 0 Å². The zero-order chi connectivity index (χ0) is 8.53. The summed E-state index contributed by atoms with van der Waals surface area (Å²) in [5.74, 6) is -0.250. The highest BCUT2D eigenvalue weighted by atomic mass is 16.5. The van der Waals surface area contributed by atoms with E-state index < -0.39 is 0 Å². The molecule has 0 aliphatic rings. The molecule has 0 atom stereocenters. The van der Waals surface area contributed by atoms with E-state index >= 15 is 0 Å². The second-order valence-electron chi connectivity index (χ2n) is 1.81. The van der Waals surface area contributed by atoms with Gasteiger partial charge in [0, 0.05) is 7.11 Å². The quantitative estimate of drug-likeness (QED) is 0.378. The molecule has 0 unspecified atom stereocenters. The lowest BCUT2D eigenvalue weighted by Crippen LogP contribution is -2.29. The number of amides is 1.